The van der Waals surface area contributed by atoms with E-state index in [2.05, 4.69) is 10.3 Å². The largest absolute Gasteiger partial charge is 0.354 e. The third kappa shape index (κ3) is 3.39. The Morgan fingerprint density at radius 3 is 2.72 bits per heavy atom. The molecule has 3 N–H and O–H groups in total. The highest BCUT2D eigenvalue weighted by Gasteiger charge is 2.29. The average Bonchev–Trinajstić information content (AvgIpc) is 2.90. The Labute approximate surface area is 145 Å². The maximum absolute atomic E-state index is 13.3. The van der Waals surface area contributed by atoms with Gasteiger partial charge < -0.3 is 15.6 Å². The van der Waals surface area contributed by atoms with Crippen molar-refractivity contribution in [2.45, 2.75) is 18.9 Å². The van der Waals surface area contributed by atoms with E-state index >= 15 is 0 Å². The molecule has 5 nitrogen and oxygen atoms in total. The fraction of sp³-hybridized carbons (Fsp3) is 0.263. The molecule has 2 aromatic carbocycles. The molecule has 0 saturated carbocycles. The Hall–Kier alpha value is -2.73. The first-order valence-corrected chi connectivity index (χ1v) is 8.13. The highest BCUT2D eigenvalue weighted by molar-refractivity contribution is 5.87. The number of rotatable bonds is 5. The maximum Gasteiger partial charge on any atom is 0.244 e. The molecule has 0 radical (unpaired) electrons. The minimum absolute atomic E-state index is 0.247. The monoisotopic (exact) mass is 340 g/mol. The first-order valence-electron chi connectivity index (χ1n) is 8.13. The van der Waals surface area contributed by atoms with Crippen LogP contribution in [0.25, 0.3) is 11.0 Å². The molecule has 1 atom stereocenters. The summed E-state index contributed by atoms with van der Waals surface area (Å²) in [6, 6.07) is 13.8. The fourth-order valence-electron chi connectivity index (χ4n) is 2.83. The van der Waals surface area contributed by atoms with Gasteiger partial charge in [0.25, 0.3) is 0 Å². The molecule has 1 amide bonds. The molecular formula is C19H21FN4O. The number of imidazole rings is 1. The van der Waals surface area contributed by atoms with Crippen molar-refractivity contribution in [1.82, 2.24) is 14.9 Å². The minimum atomic E-state index is -1.10. The lowest BCUT2D eigenvalue weighted by Crippen LogP contribution is -2.49. The normalized spacial score (nSPS) is 13.6. The van der Waals surface area contributed by atoms with Crippen molar-refractivity contribution in [3.8, 4) is 0 Å². The van der Waals surface area contributed by atoms with E-state index < -0.39 is 5.54 Å². The lowest BCUT2D eigenvalue weighted by Gasteiger charge is -2.24. The summed E-state index contributed by atoms with van der Waals surface area (Å²) in [5, 5.41) is 2.86. The molecule has 3 rings (SSSR count). The second kappa shape index (κ2) is 6.64. The Kier molecular flexibility index (Phi) is 4.55. The van der Waals surface area contributed by atoms with E-state index in [0.29, 0.717) is 18.5 Å². The predicted molar refractivity (Wildman–Crippen MR) is 95.4 cm³/mol. The van der Waals surface area contributed by atoms with Crippen molar-refractivity contribution in [3.05, 3.63) is 65.7 Å². The number of aromatic nitrogens is 2. The molecular weight excluding hydrogens is 319 g/mol. The predicted octanol–water partition coefficient (Wildman–Crippen LogP) is 2.25. The van der Waals surface area contributed by atoms with E-state index in [9.17, 15) is 9.18 Å². The summed E-state index contributed by atoms with van der Waals surface area (Å²) in [6.07, 6.45) is 0.531. The van der Waals surface area contributed by atoms with Gasteiger partial charge in [-0.25, -0.2) is 9.37 Å². The first kappa shape index (κ1) is 17.1. The number of benzene rings is 2. The summed E-state index contributed by atoms with van der Waals surface area (Å²) >= 11 is 0. The first-order chi connectivity index (χ1) is 11.9. The Bertz CT molecular complexity index is 902. The smallest absolute Gasteiger partial charge is 0.244 e. The number of hydrogen-bond donors (Lipinski definition) is 2. The number of amides is 1. The van der Waals surface area contributed by atoms with Crippen LogP contribution in [-0.2, 0) is 23.8 Å². The lowest BCUT2D eigenvalue weighted by atomic mass is 9.92. The standard InChI is InChI=1S/C19H21FN4O/c1-19(21,13-6-4-3-5-7-13)18(25)22-11-10-17-23-15-12-14(20)8-9-16(15)24(17)2/h3-9,12H,10-11,21H2,1-2H3,(H,22,25). The van der Waals surface area contributed by atoms with E-state index in [1.54, 1.807) is 13.0 Å². The van der Waals surface area contributed by atoms with Crippen LogP contribution >= 0.6 is 0 Å². The molecule has 0 bridgehead atoms. The van der Waals surface area contributed by atoms with Gasteiger partial charge >= 0.3 is 0 Å². The van der Waals surface area contributed by atoms with Gasteiger partial charge in [0.2, 0.25) is 5.91 Å². The van der Waals surface area contributed by atoms with Gasteiger partial charge in [-0.3, -0.25) is 4.79 Å². The van der Waals surface area contributed by atoms with Crippen LogP contribution in [0.2, 0.25) is 0 Å². The molecule has 0 fully saturated rings. The third-order valence-electron chi connectivity index (χ3n) is 4.41. The molecule has 0 spiro atoms. The Morgan fingerprint density at radius 2 is 2.00 bits per heavy atom. The van der Waals surface area contributed by atoms with Crippen molar-refractivity contribution < 1.29 is 9.18 Å². The number of fused-ring (bicyclic) bond motifs is 1. The number of hydrogen-bond acceptors (Lipinski definition) is 3. The molecule has 0 saturated heterocycles. The number of nitrogens with zero attached hydrogens (tertiary/aromatic N) is 2. The summed E-state index contributed by atoms with van der Waals surface area (Å²) in [5.41, 5.74) is 7.31. The minimum Gasteiger partial charge on any atom is -0.354 e. The van der Waals surface area contributed by atoms with Gasteiger partial charge in [-0.15, -0.1) is 0 Å². The van der Waals surface area contributed by atoms with E-state index in [1.807, 2.05) is 41.9 Å². The van der Waals surface area contributed by atoms with E-state index in [4.69, 9.17) is 5.73 Å². The van der Waals surface area contributed by atoms with Crippen molar-refractivity contribution in [2.24, 2.45) is 12.8 Å². The Morgan fingerprint density at radius 1 is 1.28 bits per heavy atom. The van der Waals surface area contributed by atoms with Crippen LogP contribution in [0.4, 0.5) is 4.39 Å². The topological polar surface area (TPSA) is 72.9 Å². The van der Waals surface area contributed by atoms with Crippen molar-refractivity contribution in [1.29, 1.82) is 0 Å². The summed E-state index contributed by atoms with van der Waals surface area (Å²) in [6.45, 7) is 2.09. The number of aryl methyl sites for hydroxylation is 1. The molecule has 6 heteroatoms. The van der Waals surface area contributed by atoms with E-state index in [1.165, 1.54) is 12.1 Å². The molecule has 0 aliphatic carbocycles. The van der Waals surface area contributed by atoms with Gasteiger partial charge in [0.15, 0.2) is 0 Å². The van der Waals surface area contributed by atoms with Gasteiger partial charge in [-0.1, -0.05) is 30.3 Å². The number of nitrogens with one attached hydrogen (secondary N) is 1. The molecule has 3 aromatic rings. The van der Waals surface area contributed by atoms with Gasteiger partial charge in [-0.05, 0) is 24.6 Å². The SMILES string of the molecule is Cn1c(CCNC(=O)C(C)(N)c2ccccc2)nc2cc(F)ccc21. The number of carbonyl (C=O) groups is 1. The maximum atomic E-state index is 13.3. The quantitative estimate of drug-likeness (QED) is 0.748. The molecule has 130 valence electrons. The van der Waals surface area contributed by atoms with Crippen molar-refractivity contribution in [2.75, 3.05) is 6.54 Å². The van der Waals surface area contributed by atoms with Gasteiger partial charge in [0, 0.05) is 26.1 Å². The third-order valence-corrected chi connectivity index (χ3v) is 4.41. The lowest BCUT2D eigenvalue weighted by molar-refractivity contribution is -0.126. The van der Waals surface area contributed by atoms with Crippen molar-refractivity contribution in [3.63, 3.8) is 0 Å². The van der Waals surface area contributed by atoms with E-state index in [0.717, 1.165) is 16.9 Å². The van der Waals surface area contributed by atoms with Gasteiger partial charge in [-0.2, -0.15) is 0 Å². The van der Waals surface area contributed by atoms with Crippen LogP contribution in [0, 0.1) is 5.82 Å². The van der Waals surface area contributed by atoms with Crippen LogP contribution in [0.15, 0.2) is 48.5 Å². The van der Waals surface area contributed by atoms with Crippen LogP contribution in [0.5, 0.6) is 0 Å². The summed E-state index contributed by atoms with van der Waals surface area (Å²) < 4.78 is 15.2. The van der Waals surface area contributed by atoms with Gasteiger partial charge in [0.05, 0.1) is 11.0 Å². The average molecular weight is 340 g/mol. The Balaban J connectivity index is 1.67. The molecule has 0 aliphatic rings. The summed E-state index contributed by atoms with van der Waals surface area (Å²) in [4.78, 5) is 16.9. The van der Waals surface area contributed by atoms with Crippen LogP contribution in [0.3, 0.4) is 0 Å². The molecule has 1 aromatic heterocycles. The number of nitrogens with two attached hydrogens (primary N) is 1. The zero-order valence-electron chi connectivity index (χ0n) is 14.3. The fourth-order valence-corrected chi connectivity index (χ4v) is 2.83. The summed E-state index contributed by atoms with van der Waals surface area (Å²) in [5.74, 6) is 0.218. The van der Waals surface area contributed by atoms with Gasteiger partial charge in [0.1, 0.15) is 17.2 Å². The van der Waals surface area contributed by atoms with Crippen LogP contribution in [-0.4, -0.2) is 22.0 Å². The molecule has 1 unspecified atom stereocenters. The van der Waals surface area contributed by atoms with Crippen LogP contribution < -0.4 is 11.1 Å². The second-order valence-electron chi connectivity index (χ2n) is 6.29. The highest BCUT2D eigenvalue weighted by Crippen LogP contribution is 2.18. The number of halogens is 1. The highest BCUT2D eigenvalue weighted by atomic mass is 19.1. The van der Waals surface area contributed by atoms with E-state index in [-0.39, 0.29) is 11.7 Å². The molecule has 1 heterocycles. The second-order valence-corrected chi connectivity index (χ2v) is 6.29. The van der Waals surface area contributed by atoms with Crippen molar-refractivity contribution >= 4 is 16.9 Å². The zero-order chi connectivity index (χ0) is 18.0. The zero-order valence-corrected chi connectivity index (χ0v) is 14.3. The molecule has 25 heavy (non-hydrogen) atoms. The molecule has 0 aliphatic heterocycles. The summed E-state index contributed by atoms with van der Waals surface area (Å²) in [7, 11) is 1.88. The number of carbonyl (C=O) groups excluding carboxylic acids is 1. The van der Waals surface area contributed by atoms with Crippen LogP contribution in [0.1, 0.15) is 18.3 Å².